The fraction of sp³-hybridized carbons (Fsp3) is 0.533. The molecule has 0 saturated carbocycles. The highest BCUT2D eigenvalue weighted by Gasteiger charge is 2.31. The van der Waals surface area contributed by atoms with Crippen LogP contribution in [0.3, 0.4) is 0 Å². The zero-order valence-electron chi connectivity index (χ0n) is 12.4. The lowest BCUT2D eigenvalue weighted by molar-refractivity contribution is 0.0563. The molecule has 1 aliphatic rings. The summed E-state index contributed by atoms with van der Waals surface area (Å²) in [6.45, 7) is 4.79. The predicted molar refractivity (Wildman–Crippen MR) is 76.8 cm³/mol. The zero-order valence-corrected chi connectivity index (χ0v) is 12.4. The minimum atomic E-state index is -0.0892. The van der Waals surface area contributed by atoms with E-state index in [1.54, 1.807) is 12.3 Å². The number of likely N-dealkylation sites (tertiary alicyclic amines) is 1. The highest BCUT2D eigenvalue weighted by atomic mass is 16.5. The smallest absolute Gasteiger partial charge is 0.293 e. The van der Waals surface area contributed by atoms with E-state index >= 15 is 0 Å². The quantitative estimate of drug-likeness (QED) is 0.942. The summed E-state index contributed by atoms with van der Waals surface area (Å²) in [5.41, 5.74) is 1.79. The lowest BCUT2D eigenvalue weighted by Crippen LogP contribution is -2.38. The maximum absolute atomic E-state index is 12.7. The second-order valence-electron chi connectivity index (χ2n) is 5.79. The minimum absolute atomic E-state index is 0.0429. The molecule has 1 fully saturated rings. The van der Waals surface area contributed by atoms with Crippen LogP contribution in [0.15, 0.2) is 22.9 Å². The molecule has 0 unspecified atom stereocenters. The molecule has 2 aromatic rings. The molecule has 0 aliphatic carbocycles. The van der Waals surface area contributed by atoms with Crippen molar-refractivity contribution in [1.29, 1.82) is 0 Å². The summed E-state index contributed by atoms with van der Waals surface area (Å²) < 4.78 is 5.24. The summed E-state index contributed by atoms with van der Waals surface area (Å²) >= 11 is 0. The summed E-state index contributed by atoms with van der Waals surface area (Å²) in [6.07, 6.45) is 4.79. The topological polar surface area (TPSA) is 75.0 Å². The van der Waals surface area contributed by atoms with Gasteiger partial charge in [0.1, 0.15) is 0 Å². The van der Waals surface area contributed by atoms with E-state index in [0.29, 0.717) is 5.76 Å². The van der Waals surface area contributed by atoms with Crippen molar-refractivity contribution in [3.8, 4) is 0 Å². The highest BCUT2D eigenvalue weighted by molar-refractivity contribution is 5.91. The summed E-state index contributed by atoms with van der Waals surface area (Å²) in [4.78, 5) is 14.6. The molecule has 2 aromatic heterocycles. The molecule has 0 spiro atoms. The Labute approximate surface area is 123 Å². The third-order valence-corrected chi connectivity index (χ3v) is 3.98. The van der Waals surface area contributed by atoms with Gasteiger partial charge in [-0.2, -0.15) is 5.10 Å². The molecular formula is C15H20N4O2. The van der Waals surface area contributed by atoms with E-state index < -0.39 is 0 Å². The lowest BCUT2D eigenvalue weighted by atomic mass is 9.99. The number of piperidine rings is 1. The number of aromatic amines is 1. The number of carbonyl (C=O) groups is 1. The summed E-state index contributed by atoms with van der Waals surface area (Å²) in [5.74, 6) is 0.485. The average molecular weight is 288 g/mol. The Morgan fingerprint density at radius 3 is 3.00 bits per heavy atom. The maximum Gasteiger partial charge on any atom is 0.293 e. The second kappa shape index (κ2) is 5.71. The van der Waals surface area contributed by atoms with Crippen molar-refractivity contribution in [2.24, 2.45) is 0 Å². The molecule has 1 saturated heterocycles. The van der Waals surface area contributed by atoms with Gasteiger partial charge in [-0.15, -0.1) is 0 Å². The number of amides is 1. The fourth-order valence-electron chi connectivity index (χ4n) is 2.75. The number of carbonyl (C=O) groups excluding carboxylic acids is 1. The Morgan fingerprint density at radius 1 is 1.48 bits per heavy atom. The first kappa shape index (κ1) is 13.9. The molecule has 21 heavy (non-hydrogen) atoms. The van der Waals surface area contributed by atoms with Gasteiger partial charge >= 0.3 is 0 Å². The van der Waals surface area contributed by atoms with Crippen molar-refractivity contribution in [2.45, 2.75) is 45.1 Å². The zero-order chi connectivity index (χ0) is 14.8. The first-order valence-electron chi connectivity index (χ1n) is 7.43. The molecule has 0 aromatic carbocycles. The number of rotatable bonds is 3. The van der Waals surface area contributed by atoms with Gasteiger partial charge in [0.15, 0.2) is 0 Å². The van der Waals surface area contributed by atoms with Crippen LogP contribution in [0.1, 0.15) is 67.0 Å². The molecule has 3 rings (SSSR count). The van der Waals surface area contributed by atoms with E-state index in [4.69, 9.17) is 4.52 Å². The molecule has 6 heteroatoms. The molecule has 0 radical (unpaired) electrons. The maximum atomic E-state index is 12.7. The largest absolute Gasteiger partial charge is 0.351 e. The van der Waals surface area contributed by atoms with Crippen LogP contribution >= 0.6 is 0 Å². The van der Waals surface area contributed by atoms with Gasteiger partial charge in [0, 0.05) is 18.8 Å². The van der Waals surface area contributed by atoms with Crippen LogP contribution in [0.2, 0.25) is 0 Å². The van der Waals surface area contributed by atoms with Crippen LogP contribution in [0.25, 0.3) is 0 Å². The van der Waals surface area contributed by atoms with Crippen molar-refractivity contribution in [3.05, 3.63) is 35.5 Å². The Balaban J connectivity index is 1.83. The van der Waals surface area contributed by atoms with E-state index in [1.165, 1.54) is 0 Å². The number of aromatic nitrogens is 3. The van der Waals surface area contributed by atoms with Gasteiger partial charge in [-0.25, -0.2) is 0 Å². The number of nitrogens with zero attached hydrogens (tertiary/aromatic N) is 3. The molecular weight excluding hydrogens is 268 g/mol. The normalized spacial score (nSPS) is 19.2. The second-order valence-corrected chi connectivity index (χ2v) is 5.79. The van der Waals surface area contributed by atoms with Crippen LogP contribution < -0.4 is 0 Å². The monoisotopic (exact) mass is 288 g/mol. The Morgan fingerprint density at radius 2 is 2.33 bits per heavy atom. The molecule has 1 atom stereocenters. The number of H-pyrrole nitrogens is 1. The van der Waals surface area contributed by atoms with E-state index in [2.05, 4.69) is 15.4 Å². The number of nitrogens with one attached hydrogen (secondary N) is 1. The number of hydrogen-bond acceptors (Lipinski definition) is 4. The first-order chi connectivity index (χ1) is 10.2. The van der Waals surface area contributed by atoms with E-state index in [9.17, 15) is 4.79 Å². The van der Waals surface area contributed by atoms with Crippen molar-refractivity contribution in [1.82, 2.24) is 20.3 Å². The molecule has 6 nitrogen and oxygen atoms in total. The van der Waals surface area contributed by atoms with Gasteiger partial charge < -0.3 is 9.42 Å². The van der Waals surface area contributed by atoms with Crippen LogP contribution in [-0.4, -0.2) is 32.7 Å². The van der Waals surface area contributed by atoms with Gasteiger partial charge in [-0.05, 0) is 31.2 Å². The molecule has 1 amide bonds. The fourth-order valence-corrected chi connectivity index (χ4v) is 2.75. The summed E-state index contributed by atoms with van der Waals surface area (Å²) in [7, 11) is 0. The van der Waals surface area contributed by atoms with Crippen LogP contribution in [0, 0.1) is 0 Å². The third-order valence-electron chi connectivity index (χ3n) is 3.98. The van der Waals surface area contributed by atoms with Gasteiger partial charge in [0.25, 0.3) is 5.91 Å². The average Bonchev–Trinajstić information content (AvgIpc) is 3.18. The van der Waals surface area contributed by atoms with Gasteiger partial charge in [-0.3, -0.25) is 9.89 Å². The molecule has 3 heterocycles. The Kier molecular flexibility index (Phi) is 3.77. The van der Waals surface area contributed by atoms with Crippen molar-refractivity contribution >= 4 is 5.91 Å². The highest BCUT2D eigenvalue weighted by Crippen LogP contribution is 2.31. The van der Waals surface area contributed by atoms with Crippen molar-refractivity contribution in [2.75, 3.05) is 6.54 Å². The third kappa shape index (κ3) is 2.70. The summed E-state index contributed by atoms with van der Waals surface area (Å²) in [5, 5.41) is 10.9. The van der Waals surface area contributed by atoms with Crippen molar-refractivity contribution < 1.29 is 9.32 Å². The molecule has 0 bridgehead atoms. The Bertz CT molecular complexity index is 603. The van der Waals surface area contributed by atoms with Crippen molar-refractivity contribution in [3.63, 3.8) is 0 Å². The van der Waals surface area contributed by atoms with E-state index in [0.717, 1.165) is 37.2 Å². The van der Waals surface area contributed by atoms with Crippen LogP contribution in [0.5, 0.6) is 0 Å². The van der Waals surface area contributed by atoms with Crippen LogP contribution in [-0.2, 0) is 0 Å². The Hall–Kier alpha value is -2.11. The summed E-state index contributed by atoms with van der Waals surface area (Å²) in [6, 6.07) is 3.73. The SMILES string of the molecule is CC(C)c1cc(C(=O)N2CCCC[C@@H]2c2ccn[nH]2)on1. The van der Waals surface area contributed by atoms with Crippen LogP contribution in [0.4, 0.5) is 0 Å². The van der Waals surface area contributed by atoms with E-state index in [-0.39, 0.29) is 17.9 Å². The lowest BCUT2D eigenvalue weighted by Gasteiger charge is -2.34. The van der Waals surface area contributed by atoms with Gasteiger partial charge in [0.05, 0.1) is 17.4 Å². The van der Waals surface area contributed by atoms with E-state index in [1.807, 2.05) is 24.8 Å². The number of hydrogen-bond donors (Lipinski definition) is 1. The first-order valence-corrected chi connectivity index (χ1v) is 7.43. The van der Waals surface area contributed by atoms with Gasteiger partial charge in [0.2, 0.25) is 5.76 Å². The minimum Gasteiger partial charge on any atom is -0.351 e. The van der Waals surface area contributed by atoms with Gasteiger partial charge in [-0.1, -0.05) is 19.0 Å². The predicted octanol–water partition coefficient (Wildman–Crippen LogP) is 2.89. The molecule has 1 N–H and O–H groups in total. The molecule has 112 valence electrons. The molecule has 1 aliphatic heterocycles. The standard InChI is InChI=1S/C15H20N4O2/c1-10(2)12-9-14(21-18-12)15(20)19-8-4-3-5-13(19)11-6-7-16-17-11/h6-7,9-10,13H,3-5,8H2,1-2H3,(H,16,17)/t13-/m1/s1.